The molecule has 2 N–H and O–H groups in total. The second-order valence-corrected chi connectivity index (χ2v) is 5.89. The molecule has 5 nitrogen and oxygen atoms in total. The van der Waals surface area contributed by atoms with Gasteiger partial charge in [0.25, 0.3) is 0 Å². The number of aromatic nitrogens is 2. The van der Waals surface area contributed by atoms with Crippen molar-refractivity contribution in [2.24, 2.45) is 0 Å². The normalized spacial score (nSPS) is 15.8. The number of carbonyl (C=O) groups is 1. The lowest BCUT2D eigenvalue weighted by atomic mass is 9.99. The van der Waals surface area contributed by atoms with Crippen LogP contribution in [0.2, 0.25) is 5.02 Å². The van der Waals surface area contributed by atoms with Crippen LogP contribution < -0.4 is 4.74 Å². The molecule has 1 aromatic carbocycles. The van der Waals surface area contributed by atoms with E-state index < -0.39 is 5.97 Å². The van der Waals surface area contributed by atoms with Gasteiger partial charge in [0.15, 0.2) is 0 Å². The van der Waals surface area contributed by atoms with Crippen molar-refractivity contribution in [2.75, 3.05) is 0 Å². The van der Waals surface area contributed by atoms with Crippen LogP contribution in [0.25, 0.3) is 11.3 Å². The Morgan fingerprint density at radius 1 is 1.45 bits per heavy atom. The molecule has 1 aliphatic heterocycles. The van der Waals surface area contributed by atoms with E-state index in [9.17, 15) is 4.79 Å². The van der Waals surface area contributed by atoms with Gasteiger partial charge in [0.2, 0.25) is 0 Å². The van der Waals surface area contributed by atoms with Crippen LogP contribution in [-0.4, -0.2) is 26.9 Å². The van der Waals surface area contributed by atoms with E-state index in [0.29, 0.717) is 16.3 Å². The quantitative estimate of drug-likeness (QED) is 0.891. The summed E-state index contributed by atoms with van der Waals surface area (Å²) in [4.78, 5) is 10.9. The second-order valence-electron chi connectivity index (χ2n) is 5.45. The van der Waals surface area contributed by atoms with E-state index >= 15 is 0 Å². The summed E-state index contributed by atoms with van der Waals surface area (Å²) in [5, 5.41) is 16.0. The number of carboxylic acids is 1. The first-order chi connectivity index (χ1) is 9.35. The number of fused-ring (bicyclic) bond motifs is 1. The zero-order valence-corrected chi connectivity index (χ0v) is 11.8. The highest BCUT2D eigenvalue weighted by atomic mass is 35.5. The molecule has 0 bridgehead atoms. The van der Waals surface area contributed by atoms with Gasteiger partial charge in [-0.05, 0) is 32.0 Å². The first-order valence-corrected chi connectivity index (χ1v) is 6.54. The molecule has 20 heavy (non-hydrogen) atoms. The number of halogens is 1. The molecule has 0 saturated heterocycles. The molecule has 1 aliphatic rings. The third kappa shape index (κ3) is 2.14. The van der Waals surface area contributed by atoms with Crippen LogP contribution in [0.1, 0.15) is 29.9 Å². The van der Waals surface area contributed by atoms with E-state index in [1.807, 2.05) is 19.9 Å². The molecular weight excluding hydrogens is 280 g/mol. The van der Waals surface area contributed by atoms with Crippen LogP contribution in [-0.2, 0) is 6.42 Å². The Kier molecular flexibility index (Phi) is 2.76. The predicted octanol–water partition coefficient (Wildman–Crippen LogP) is 3.14. The van der Waals surface area contributed by atoms with Crippen LogP contribution in [0.15, 0.2) is 18.2 Å². The number of aromatic amines is 1. The van der Waals surface area contributed by atoms with E-state index in [-0.39, 0.29) is 11.3 Å². The molecule has 104 valence electrons. The SMILES string of the molecule is CC1(C)Cc2cc(Cl)cc(-c3cc(C(=O)O)[nH]n3)c2O1. The number of nitrogens with zero attached hydrogens (tertiary/aromatic N) is 1. The van der Waals surface area contributed by atoms with Gasteiger partial charge < -0.3 is 9.84 Å². The van der Waals surface area contributed by atoms with Crippen LogP contribution in [0.4, 0.5) is 0 Å². The van der Waals surface area contributed by atoms with Gasteiger partial charge in [-0.3, -0.25) is 5.10 Å². The first-order valence-electron chi connectivity index (χ1n) is 6.16. The van der Waals surface area contributed by atoms with Crippen molar-refractivity contribution in [1.82, 2.24) is 10.2 Å². The van der Waals surface area contributed by atoms with Gasteiger partial charge in [-0.1, -0.05) is 11.6 Å². The molecule has 0 amide bonds. The summed E-state index contributed by atoms with van der Waals surface area (Å²) in [5.74, 6) is -0.327. The zero-order chi connectivity index (χ0) is 14.5. The molecule has 0 atom stereocenters. The molecule has 0 saturated carbocycles. The largest absolute Gasteiger partial charge is 0.487 e. The number of hydrogen-bond acceptors (Lipinski definition) is 3. The highest BCUT2D eigenvalue weighted by Gasteiger charge is 2.33. The third-order valence-electron chi connectivity index (χ3n) is 3.21. The lowest BCUT2D eigenvalue weighted by Crippen LogP contribution is -2.24. The Labute approximate surface area is 120 Å². The highest BCUT2D eigenvalue weighted by Crippen LogP contribution is 2.43. The molecule has 1 aromatic heterocycles. The minimum Gasteiger partial charge on any atom is -0.487 e. The van der Waals surface area contributed by atoms with E-state index in [1.54, 1.807) is 6.07 Å². The van der Waals surface area contributed by atoms with Gasteiger partial charge in [-0.2, -0.15) is 5.10 Å². The van der Waals surface area contributed by atoms with Gasteiger partial charge in [-0.25, -0.2) is 4.79 Å². The van der Waals surface area contributed by atoms with E-state index in [4.69, 9.17) is 21.4 Å². The van der Waals surface area contributed by atoms with Crippen LogP contribution in [0.5, 0.6) is 5.75 Å². The van der Waals surface area contributed by atoms with Gasteiger partial charge in [-0.15, -0.1) is 0 Å². The van der Waals surface area contributed by atoms with Crippen molar-refractivity contribution in [3.63, 3.8) is 0 Å². The number of rotatable bonds is 2. The first kappa shape index (κ1) is 13.0. The fourth-order valence-corrected chi connectivity index (χ4v) is 2.67. The van der Waals surface area contributed by atoms with Crippen molar-refractivity contribution < 1.29 is 14.6 Å². The number of aromatic carboxylic acids is 1. The maximum Gasteiger partial charge on any atom is 0.353 e. The second kappa shape index (κ2) is 4.24. The lowest BCUT2D eigenvalue weighted by molar-refractivity contribution is 0.0690. The summed E-state index contributed by atoms with van der Waals surface area (Å²) >= 11 is 6.13. The predicted molar refractivity (Wildman–Crippen MR) is 74.4 cm³/mol. The Bertz CT molecular complexity index is 706. The van der Waals surface area contributed by atoms with Gasteiger partial charge in [0.05, 0.1) is 5.69 Å². The highest BCUT2D eigenvalue weighted by molar-refractivity contribution is 6.31. The Hall–Kier alpha value is -2.01. The van der Waals surface area contributed by atoms with Crippen molar-refractivity contribution in [3.05, 3.63) is 34.5 Å². The van der Waals surface area contributed by atoms with Crippen LogP contribution in [0.3, 0.4) is 0 Å². The number of benzene rings is 1. The van der Waals surface area contributed by atoms with E-state index in [2.05, 4.69) is 10.2 Å². The van der Waals surface area contributed by atoms with Crippen molar-refractivity contribution in [3.8, 4) is 17.0 Å². The van der Waals surface area contributed by atoms with Crippen LogP contribution in [0, 0.1) is 0 Å². The van der Waals surface area contributed by atoms with E-state index in [1.165, 1.54) is 6.07 Å². The number of nitrogens with one attached hydrogen (secondary N) is 1. The summed E-state index contributed by atoms with van der Waals surface area (Å²) in [6.07, 6.45) is 0.756. The molecule has 0 fully saturated rings. The molecule has 2 heterocycles. The maximum atomic E-state index is 10.9. The standard InChI is InChI=1S/C14H13ClN2O3/c1-14(2)6-7-3-8(15)4-9(12(7)20-14)10-5-11(13(18)19)17-16-10/h3-5H,6H2,1-2H3,(H,16,17)(H,18,19). The van der Waals surface area contributed by atoms with E-state index in [0.717, 1.165) is 17.7 Å². The summed E-state index contributed by atoms with van der Waals surface area (Å²) < 4.78 is 5.94. The fraction of sp³-hybridized carbons (Fsp3) is 0.286. The third-order valence-corrected chi connectivity index (χ3v) is 3.43. The maximum absolute atomic E-state index is 10.9. The zero-order valence-electron chi connectivity index (χ0n) is 11.0. The molecule has 0 radical (unpaired) electrons. The molecule has 0 spiro atoms. The Morgan fingerprint density at radius 3 is 2.85 bits per heavy atom. The number of H-pyrrole nitrogens is 1. The smallest absolute Gasteiger partial charge is 0.353 e. The Balaban J connectivity index is 2.13. The number of hydrogen-bond donors (Lipinski definition) is 2. The summed E-state index contributed by atoms with van der Waals surface area (Å²) in [6, 6.07) is 5.09. The lowest BCUT2D eigenvalue weighted by Gasteiger charge is -2.17. The molecule has 3 rings (SSSR count). The van der Waals surface area contributed by atoms with Crippen LogP contribution >= 0.6 is 11.6 Å². The molecule has 0 unspecified atom stereocenters. The molecular formula is C14H13ClN2O3. The van der Waals surface area contributed by atoms with Gasteiger partial charge in [0.1, 0.15) is 17.0 Å². The summed E-state index contributed by atoms with van der Waals surface area (Å²) in [6.45, 7) is 4.00. The number of carboxylic acid groups (broad SMARTS) is 1. The minimum absolute atomic E-state index is 0.0333. The Morgan fingerprint density at radius 2 is 2.20 bits per heavy atom. The fourth-order valence-electron chi connectivity index (χ4n) is 2.43. The monoisotopic (exact) mass is 292 g/mol. The van der Waals surface area contributed by atoms with Gasteiger partial charge in [0, 0.05) is 22.6 Å². The summed E-state index contributed by atoms with van der Waals surface area (Å²) in [7, 11) is 0. The topological polar surface area (TPSA) is 75.2 Å². The summed E-state index contributed by atoms with van der Waals surface area (Å²) in [5.41, 5.74) is 1.97. The van der Waals surface area contributed by atoms with Crippen molar-refractivity contribution in [1.29, 1.82) is 0 Å². The molecule has 0 aliphatic carbocycles. The average molecular weight is 293 g/mol. The van der Waals surface area contributed by atoms with Crippen molar-refractivity contribution in [2.45, 2.75) is 25.9 Å². The minimum atomic E-state index is -1.05. The average Bonchev–Trinajstić information content (AvgIpc) is 2.90. The van der Waals surface area contributed by atoms with Gasteiger partial charge >= 0.3 is 5.97 Å². The molecule has 2 aromatic rings. The van der Waals surface area contributed by atoms with Crippen molar-refractivity contribution >= 4 is 17.6 Å². The number of ether oxygens (including phenoxy) is 1. The molecule has 6 heteroatoms.